The summed E-state index contributed by atoms with van der Waals surface area (Å²) in [6.45, 7) is 7.49. The second-order valence-electron chi connectivity index (χ2n) is 5.10. The van der Waals surface area contributed by atoms with Crippen LogP contribution >= 0.6 is 0 Å². The van der Waals surface area contributed by atoms with Gasteiger partial charge in [-0.2, -0.15) is 0 Å². The number of hydrogen-bond donors (Lipinski definition) is 1. The van der Waals surface area contributed by atoms with Crippen LogP contribution in [0.3, 0.4) is 0 Å². The van der Waals surface area contributed by atoms with Gasteiger partial charge in [-0.1, -0.05) is 6.92 Å². The third-order valence-corrected chi connectivity index (χ3v) is 3.03. The van der Waals surface area contributed by atoms with E-state index in [2.05, 4.69) is 6.92 Å². The van der Waals surface area contributed by atoms with Crippen molar-refractivity contribution in [2.24, 2.45) is 0 Å². The van der Waals surface area contributed by atoms with Crippen molar-refractivity contribution in [1.82, 2.24) is 4.90 Å². The molecule has 0 amide bonds. The minimum atomic E-state index is -0.733. The summed E-state index contributed by atoms with van der Waals surface area (Å²) in [6, 6.07) is -0.0454. The molecule has 0 saturated heterocycles. The Hall–Kier alpha value is -0.190. The zero-order valence-electron chi connectivity index (χ0n) is 11.2. The molecule has 1 saturated carbocycles. The molecule has 0 aromatic rings. The van der Waals surface area contributed by atoms with E-state index >= 15 is 0 Å². The van der Waals surface area contributed by atoms with Crippen LogP contribution in [0.2, 0.25) is 0 Å². The lowest BCUT2D eigenvalue weighted by Gasteiger charge is -2.27. The van der Waals surface area contributed by atoms with Crippen molar-refractivity contribution in [2.75, 3.05) is 13.2 Å². The summed E-state index contributed by atoms with van der Waals surface area (Å²) < 4.78 is 18.5. The van der Waals surface area contributed by atoms with Crippen molar-refractivity contribution < 1.29 is 14.2 Å². The molecule has 0 aliphatic heterocycles. The summed E-state index contributed by atoms with van der Waals surface area (Å²) in [6.07, 6.45) is 2.00. The van der Waals surface area contributed by atoms with E-state index in [9.17, 15) is 9.50 Å². The minimum absolute atomic E-state index is 0.0454. The molecule has 102 valence electrons. The standard InChI is InChI=1S/C13H26FNO2/c1-4-7-15(12-9-11(12)14)13(16)6-5-8-17-10(2)3/h10-13,16H,4-9H2,1-3H3/t11?,12?,13-/m0/s1. The Morgan fingerprint density at radius 2 is 2.12 bits per heavy atom. The van der Waals surface area contributed by atoms with Gasteiger partial charge in [0.25, 0.3) is 0 Å². The normalized spacial score (nSPS) is 25.6. The lowest BCUT2D eigenvalue weighted by molar-refractivity contribution is -0.0217. The molecule has 3 atom stereocenters. The third-order valence-electron chi connectivity index (χ3n) is 3.03. The van der Waals surface area contributed by atoms with Gasteiger partial charge in [0.2, 0.25) is 0 Å². The highest BCUT2D eigenvalue weighted by atomic mass is 19.1. The number of ether oxygens (including phenoxy) is 1. The van der Waals surface area contributed by atoms with Crippen LogP contribution in [0.25, 0.3) is 0 Å². The lowest BCUT2D eigenvalue weighted by atomic mass is 10.2. The molecule has 1 fully saturated rings. The number of halogens is 1. The summed E-state index contributed by atoms with van der Waals surface area (Å²) >= 11 is 0. The van der Waals surface area contributed by atoms with Crippen LogP contribution in [0.4, 0.5) is 4.39 Å². The number of aliphatic hydroxyl groups excluding tert-OH is 1. The Bertz CT molecular complexity index is 214. The van der Waals surface area contributed by atoms with Crippen LogP contribution in [-0.2, 0) is 4.74 Å². The Morgan fingerprint density at radius 3 is 2.59 bits per heavy atom. The van der Waals surface area contributed by atoms with Crippen molar-refractivity contribution in [1.29, 1.82) is 0 Å². The van der Waals surface area contributed by atoms with Crippen molar-refractivity contribution in [3.8, 4) is 0 Å². The van der Waals surface area contributed by atoms with Crippen LogP contribution < -0.4 is 0 Å². The van der Waals surface area contributed by atoms with E-state index in [1.807, 2.05) is 18.7 Å². The smallest absolute Gasteiger partial charge is 0.117 e. The highest BCUT2D eigenvalue weighted by Gasteiger charge is 2.43. The fourth-order valence-electron chi connectivity index (χ4n) is 2.04. The molecule has 0 spiro atoms. The first-order valence-corrected chi connectivity index (χ1v) is 6.75. The number of rotatable bonds is 9. The van der Waals surface area contributed by atoms with E-state index < -0.39 is 12.4 Å². The second-order valence-corrected chi connectivity index (χ2v) is 5.10. The predicted molar refractivity (Wildman–Crippen MR) is 66.6 cm³/mol. The molecule has 4 heteroatoms. The molecule has 1 rings (SSSR count). The Balaban J connectivity index is 2.20. The van der Waals surface area contributed by atoms with E-state index in [-0.39, 0.29) is 12.1 Å². The van der Waals surface area contributed by atoms with Crippen LogP contribution in [0.5, 0.6) is 0 Å². The predicted octanol–water partition coefficient (Wildman–Crippen LogP) is 2.33. The number of aliphatic hydroxyl groups is 1. The number of alkyl halides is 1. The van der Waals surface area contributed by atoms with Gasteiger partial charge in [-0.3, -0.25) is 4.90 Å². The molecule has 1 N–H and O–H groups in total. The molecule has 17 heavy (non-hydrogen) atoms. The van der Waals surface area contributed by atoms with Gasteiger partial charge in [0.15, 0.2) is 0 Å². The summed E-state index contributed by atoms with van der Waals surface area (Å²) in [5.41, 5.74) is 0. The highest BCUT2D eigenvalue weighted by molar-refractivity contribution is 4.96. The fourth-order valence-corrected chi connectivity index (χ4v) is 2.04. The number of hydrogen-bond acceptors (Lipinski definition) is 3. The van der Waals surface area contributed by atoms with E-state index in [0.717, 1.165) is 19.4 Å². The van der Waals surface area contributed by atoms with E-state index in [1.54, 1.807) is 0 Å². The Labute approximate surface area is 104 Å². The molecule has 0 aromatic heterocycles. The Kier molecular flexibility index (Phi) is 6.38. The van der Waals surface area contributed by atoms with Crippen molar-refractivity contribution in [3.63, 3.8) is 0 Å². The first-order chi connectivity index (χ1) is 8.06. The van der Waals surface area contributed by atoms with Gasteiger partial charge in [0, 0.05) is 19.2 Å². The first-order valence-electron chi connectivity index (χ1n) is 6.75. The van der Waals surface area contributed by atoms with Gasteiger partial charge in [-0.15, -0.1) is 0 Å². The average Bonchev–Trinajstić information content (AvgIpc) is 2.97. The molecule has 0 heterocycles. The SMILES string of the molecule is CCCN(C1CC1F)[C@@H](O)CCCOC(C)C. The first kappa shape index (κ1) is 14.9. The maximum Gasteiger partial charge on any atom is 0.117 e. The molecular weight excluding hydrogens is 221 g/mol. The van der Waals surface area contributed by atoms with Crippen molar-refractivity contribution in [2.45, 2.75) is 71.0 Å². The van der Waals surface area contributed by atoms with Crippen LogP contribution in [0.1, 0.15) is 46.5 Å². The van der Waals surface area contributed by atoms with E-state index in [0.29, 0.717) is 19.4 Å². The highest BCUT2D eigenvalue weighted by Crippen LogP contribution is 2.33. The van der Waals surface area contributed by atoms with Gasteiger partial charge >= 0.3 is 0 Å². The van der Waals surface area contributed by atoms with E-state index in [1.165, 1.54) is 0 Å². The average molecular weight is 247 g/mol. The van der Waals surface area contributed by atoms with Crippen molar-refractivity contribution in [3.05, 3.63) is 0 Å². The zero-order chi connectivity index (χ0) is 12.8. The quantitative estimate of drug-likeness (QED) is 0.501. The van der Waals surface area contributed by atoms with Gasteiger partial charge in [0.05, 0.1) is 6.10 Å². The lowest BCUT2D eigenvalue weighted by Crippen LogP contribution is -2.38. The van der Waals surface area contributed by atoms with Crippen LogP contribution in [-0.4, -0.2) is 47.7 Å². The monoisotopic (exact) mass is 247 g/mol. The Morgan fingerprint density at radius 1 is 1.47 bits per heavy atom. The second kappa shape index (κ2) is 7.29. The molecule has 1 aliphatic rings. The topological polar surface area (TPSA) is 32.7 Å². The summed E-state index contributed by atoms with van der Waals surface area (Å²) in [5.74, 6) is 0. The molecule has 0 bridgehead atoms. The largest absolute Gasteiger partial charge is 0.379 e. The molecule has 0 aromatic carbocycles. The number of nitrogens with zero attached hydrogens (tertiary/aromatic N) is 1. The maximum atomic E-state index is 13.0. The minimum Gasteiger partial charge on any atom is -0.379 e. The zero-order valence-corrected chi connectivity index (χ0v) is 11.2. The molecule has 2 unspecified atom stereocenters. The maximum absolute atomic E-state index is 13.0. The molecule has 3 nitrogen and oxygen atoms in total. The van der Waals surface area contributed by atoms with Crippen LogP contribution in [0, 0.1) is 0 Å². The van der Waals surface area contributed by atoms with Gasteiger partial charge in [-0.25, -0.2) is 4.39 Å². The summed E-state index contributed by atoms with van der Waals surface area (Å²) in [5, 5.41) is 10.0. The third kappa shape index (κ3) is 5.32. The molecule has 0 radical (unpaired) electrons. The van der Waals surface area contributed by atoms with Gasteiger partial charge in [-0.05, 0) is 39.5 Å². The molecular formula is C13H26FNO2. The van der Waals surface area contributed by atoms with Gasteiger partial charge in [0.1, 0.15) is 12.4 Å². The van der Waals surface area contributed by atoms with Gasteiger partial charge < -0.3 is 9.84 Å². The molecule has 1 aliphatic carbocycles. The van der Waals surface area contributed by atoms with Crippen LogP contribution in [0.15, 0.2) is 0 Å². The fraction of sp³-hybridized carbons (Fsp3) is 1.00. The summed E-state index contributed by atoms with van der Waals surface area (Å²) in [7, 11) is 0. The summed E-state index contributed by atoms with van der Waals surface area (Å²) in [4.78, 5) is 1.90. The van der Waals surface area contributed by atoms with Crippen molar-refractivity contribution >= 4 is 0 Å². The van der Waals surface area contributed by atoms with E-state index in [4.69, 9.17) is 4.74 Å².